The Morgan fingerprint density at radius 1 is 0.750 bits per heavy atom. The molecule has 0 N–H and O–H groups in total. The summed E-state index contributed by atoms with van der Waals surface area (Å²) in [5, 5.41) is 0. The van der Waals surface area contributed by atoms with Crippen molar-refractivity contribution < 1.29 is 0 Å². The van der Waals surface area contributed by atoms with Crippen molar-refractivity contribution in [3.63, 3.8) is 0 Å². The summed E-state index contributed by atoms with van der Waals surface area (Å²) in [5.41, 5.74) is 1.12. The van der Waals surface area contributed by atoms with Crippen molar-refractivity contribution in [3.05, 3.63) is 66.7 Å². The van der Waals surface area contributed by atoms with E-state index in [2.05, 4.69) is 6.58 Å². The quantitative estimate of drug-likeness (QED) is 0.584. The van der Waals surface area contributed by atoms with E-state index in [1.165, 1.54) is 0 Å². The molecule has 0 fully saturated rings. The number of rotatable bonds is 1. The van der Waals surface area contributed by atoms with Gasteiger partial charge in [-0.1, -0.05) is 67.3 Å². The predicted octanol–water partition coefficient (Wildman–Crippen LogP) is 3.45. The summed E-state index contributed by atoms with van der Waals surface area (Å²) < 4.78 is 0. The lowest BCUT2D eigenvalue weighted by Crippen LogP contribution is -1.61. The molecule has 0 aromatic heterocycles. The Bertz CT molecular complexity index is 274. The van der Waals surface area contributed by atoms with Gasteiger partial charge in [-0.2, -0.15) is 0 Å². The minimum Gasteiger partial charge on any atom is -0.0985 e. The van der Waals surface area contributed by atoms with Crippen LogP contribution < -0.4 is 0 Å². The maximum atomic E-state index is 3.72. The van der Waals surface area contributed by atoms with Crippen LogP contribution in [-0.2, 0) is 0 Å². The van der Waals surface area contributed by atoms with Crippen LogP contribution in [0.1, 0.15) is 5.56 Å². The van der Waals surface area contributed by atoms with Crippen LogP contribution in [0.15, 0.2) is 61.2 Å². The highest BCUT2D eigenvalue weighted by atomic mass is 13.8. The lowest BCUT2D eigenvalue weighted by molar-refractivity contribution is 1.68. The first kappa shape index (κ1) is 8.54. The van der Waals surface area contributed by atoms with Gasteiger partial charge in [-0.3, -0.25) is 0 Å². The molecule has 0 bridgehead atoms. The fraction of sp³-hybridized carbons (Fsp3) is 0. The van der Waals surface area contributed by atoms with E-state index in [0.29, 0.717) is 0 Å². The van der Waals surface area contributed by atoms with Crippen molar-refractivity contribution in [1.82, 2.24) is 0 Å². The van der Waals surface area contributed by atoms with Gasteiger partial charge in [0.05, 0.1) is 0 Å². The summed E-state index contributed by atoms with van der Waals surface area (Å²) in [6.07, 6.45) is 1.83. The fourth-order valence-electron chi connectivity index (χ4n) is 0.846. The highest BCUT2D eigenvalue weighted by molar-refractivity contribution is 5.44. The van der Waals surface area contributed by atoms with Crippen LogP contribution in [-0.4, -0.2) is 0 Å². The molecule has 60 valence electrons. The van der Waals surface area contributed by atoms with Crippen molar-refractivity contribution >= 4 is 6.08 Å². The lowest BCUT2D eigenvalue weighted by Gasteiger charge is -1.82. The topological polar surface area (TPSA) is 0 Å². The molecular weight excluding hydrogens is 144 g/mol. The van der Waals surface area contributed by atoms with Gasteiger partial charge in [0.25, 0.3) is 0 Å². The normalized spacial score (nSPS) is 8.33. The lowest BCUT2D eigenvalue weighted by atomic mass is 10.2. The van der Waals surface area contributed by atoms with Crippen molar-refractivity contribution in [2.45, 2.75) is 0 Å². The Hall–Kier alpha value is -1.56. The maximum absolute atomic E-state index is 3.72. The van der Waals surface area contributed by atoms with Crippen molar-refractivity contribution in [2.75, 3.05) is 0 Å². The molecule has 0 radical (unpaired) electrons. The summed E-state index contributed by atoms with van der Waals surface area (Å²) in [7, 11) is 0. The predicted molar refractivity (Wildman–Crippen MR) is 54.2 cm³/mol. The van der Waals surface area contributed by atoms with Gasteiger partial charge >= 0.3 is 0 Å². The second kappa shape index (κ2) is 5.14. The summed E-state index contributed by atoms with van der Waals surface area (Å²) in [6.45, 7) is 3.72. The molecule has 1 aromatic rings. The molecule has 12 heavy (non-hydrogen) atoms. The standard InChI is InChI=1S/C12H12/c1-2-12-10-8-6-4-3-5-7-9-11-12/h2-11H,1H2. The van der Waals surface area contributed by atoms with E-state index in [1.54, 1.807) is 0 Å². The van der Waals surface area contributed by atoms with Crippen LogP contribution in [0.5, 0.6) is 0 Å². The molecule has 1 rings (SSSR count). The Kier molecular flexibility index (Phi) is 3.65. The van der Waals surface area contributed by atoms with Crippen molar-refractivity contribution in [3.8, 4) is 0 Å². The third-order valence-corrected chi connectivity index (χ3v) is 1.48. The third-order valence-electron chi connectivity index (χ3n) is 1.48. The first-order valence-electron chi connectivity index (χ1n) is 3.94. The average Bonchev–Trinajstić information content (AvgIpc) is 2.14. The Balaban J connectivity index is 3.15. The minimum atomic E-state index is 1.12. The van der Waals surface area contributed by atoms with E-state index in [1.807, 2.05) is 60.7 Å². The van der Waals surface area contributed by atoms with E-state index >= 15 is 0 Å². The van der Waals surface area contributed by atoms with E-state index < -0.39 is 0 Å². The SMILES string of the molecule is C=Cc1ccccccccc1. The molecule has 0 saturated heterocycles. The summed E-state index contributed by atoms with van der Waals surface area (Å²) in [5.74, 6) is 0. The largest absolute Gasteiger partial charge is 0.0985 e. The molecule has 0 aliphatic carbocycles. The van der Waals surface area contributed by atoms with Crippen LogP contribution >= 0.6 is 0 Å². The molecule has 0 saturated carbocycles. The van der Waals surface area contributed by atoms with Gasteiger partial charge in [0.2, 0.25) is 0 Å². The molecule has 0 aliphatic rings. The molecule has 0 unspecified atom stereocenters. The molecule has 0 heteroatoms. The van der Waals surface area contributed by atoms with E-state index in [0.717, 1.165) is 5.56 Å². The zero-order valence-corrected chi connectivity index (χ0v) is 6.98. The number of hydrogen-bond donors (Lipinski definition) is 0. The zero-order chi connectivity index (χ0) is 8.65. The van der Waals surface area contributed by atoms with Gasteiger partial charge < -0.3 is 0 Å². The minimum absolute atomic E-state index is 1.12. The van der Waals surface area contributed by atoms with Gasteiger partial charge in [-0.15, -0.1) is 0 Å². The Morgan fingerprint density at radius 2 is 1.17 bits per heavy atom. The monoisotopic (exact) mass is 156 g/mol. The van der Waals surface area contributed by atoms with Gasteiger partial charge in [0, 0.05) is 0 Å². The van der Waals surface area contributed by atoms with Crippen LogP contribution in [0.4, 0.5) is 0 Å². The first-order chi connectivity index (χ1) is 5.93. The second-order valence-corrected chi connectivity index (χ2v) is 2.38. The highest BCUT2D eigenvalue weighted by Gasteiger charge is 1.73. The molecule has 1 aromatic carbocycles. The average molecular weight is 156 g/mol. The van der Waals surface area contributed by atoms with Crippen molar-refractivity contribution in [1.29, 1.82) is 0 Å². The third kappa shape index (κ3) is 3.02. The first-order valence-corrected chi connectivity index (χ1v) is 3.94. The Labute approximate surface area is 73.5 Å². The molecule has 0 atom stereocenters. The number of hydrogen-bond acceptors (Lipinski definition) is 0. The van der Waals surface area contributed by atoms with Gasteiger partial charge in [0.1, 0.15) is 0 Å². The molecular formula is C12H12. The molecule has 0 nitrogen and oxygen atoms in total. The maximum Gasteiger partial charge on any atom is -0.0263 e. The van der Waals surface area contributed by atoms with E-state index in [9.17, 15) is 0 Å². The van der Waals surface area contributed by atoms with Gasteiger partial charge in [-0.25, -0.2) is 0 Å². The Morgan fingerprint density at radius 3 is 1.58 bits per heavy atom. The molecule has 0 aliphatic heterocycles. The van der Waals surface area contributed by atoms with Crippen LogP contribution in [0, 0.1) is 0 Å². The summed E-state index contributed by atoms with van der Waals surface area (Å²) >= 11 is 0. The van der Waals surface area contributed by atoms with Crippen molar-refractivity contribution in [2.24, 2.45) is 0 Å². The smallest absolute Gasteiger partial charge is 0.0263 e. The summed E-state index contributed by atoms with van der Waals surface area (Å²) in [4.78, 5) is 0. The van der Waals surface area contributed by atoms with E-state index in [-0.39, 0.29) is 0 Å². The molecule has 0 amide bonds. The van der Waals surface area contributed by atoms with Crippen LogP contribution in [0.3, 0.4) is 0 Å². The zero-order valence-electron chi connectivity index (χ0n) is 6.98. The van der Waals surface area contributed by atoms with Gasteiger partial charge in [-0.05, 0) is 5.56 Å². The fourth-order valence-corrected chi connectivity index (χ4v) is 0.846. The second-order valence-electron chi connectivity index (χ2n) is 2.38. The van der Waals surface area contributed by atoms with E-state index in [4.69, 9.17) is 0 Å². The van der Waals surface area contributed by atoms with Gasteiger partial charge in [0.15, 0.2) is 0 Å². The van der Waals surface area contributed by atoms with Crippen LogP contribution in [0.2, 0.25) is 0 Å². The highest BCUT2D eigenvalue weighted by Crippen LogP contribution is 1.95. The summed E-state index contributed by atoms with van der Waals surface area (Å²) in [6, 6.07) is 18.0. The molecule has 0 heterocycles. The van der Waals surface area contributed by atoms with Crippen LogP contribution in [0.25, 0.3) is 6.08 Å². The molecule has 0 spiro atoms.